The van der Waals surface area contributed by atoms with E-state index >= 15 is 0 Å². The first-order valence-corrected chi connectivity index (χ1v) is 12.7. The number of amides is 1. The highest BCUT2D eigenvalue weighted by Crippen LogP contribution is 2.31. The Bertz CT molecular complexity index is 1410. The molecule has 0 radical (unpaired) electrons. The number of benzene rings is 3. The number of hydrogen-bond donors (Lipinski definition) is 1. The largest absolute Gasteiger partial charge is 0.341 e. The van der Waals surface area contributed by atoms with Gasteiger partial charge in [0.1, 0.15) is 0 Å². The molecule has 0 aliphatic carbocycles. The van der Waals surface area contributed by atoms with Crippen LogP contribution < -0.4 is 5.32 Å². The molecule has 1 amide bonds. The zero-order chi connectivity index (χ0) is 23.6. The first-order valence-electron chi connectivity index (χ1n) is 11.2. The molecule has 6 nitrogen and oxygen atoms in total. The Hall–Kier alpha value is -3.16. The summed E-state index contributed by atoms with van der Waals surface area (Å²) in [7, 11) is -3.76. The van der Waals surface area contributed by atoms with Gasteiger partial charge in [0, 0.05) is 40.6 Å². The van der Waals surface area contributed by atoms with Crippen molar-refractivity contribution in [1.29, 1.82) is 0 Å². The zero-order valence-electron chi connectivity index (χ0n) is 19.2. The lowest BCUT2D eigenvalue weighted by molar-refractivity contribution is -0.116. The number of aromatic nitrogens is 1. The SMILES string of the molecule is CCCN(CC(=O)Nc1ccc2c(c1)c1ccccc1n2CC)S(=O)(=O)c1ccc(C)cc1. The van der Waals surface area contributed by atoms with Crippen molar-refractivity contribution in [3.05, 3.63) is 72.3 Å². The molecule has 0 fully saturated rings. The summed E-state index contributed by atoms with van der Waals surface area (Å²) in [6.07, 6.45) is 0.612. The van der Waals surface area contributed by atoms with E-state index in [-0.39, 0.29) is 23.9 Å². The van der Waals surface area contributed by atoms with Gasteiger partial charge in [-0.15, -0.1) is 0 Å². The Kier molecular flexibility index (Phi) is 6.54. The van der Waals surface area contributed by atoms with Gasteiger partial charge in [0.2, 0.25) is 15.9 Å². The Labute approximate surface area is 194 Å². The molecule has 3 aromatic carbocycles. The van der Waals surface area contributed by atoms with Crippen LogP contribution in [-0.4, -0.2) is 36.3 Å². The summed E-state index contributed by atoms with van der Waals surface area (Å²) >= 11 is 0. The number of para-hydroxylation sites is 1. The van der Waals surface area contributed by atoms with Gasteiger partial charge in [0.15, 0.2) is 0 Å². The summed E-state index contributed by atoms with van der Waals surface area (Å²) in [4.78, 5) is 13.1. The lowest BCUT2D eigenvalue weighted by Gasteiger charge is -2.21. The van der Waals surface area contributed by atoms with Crippen molar-refractivity contribution in [2.45, 2.75) is 38.6 Å². The zero-order valence-corrected chi connectivity index (χ0v) is 20.0. The van der Waals surface area contributed by atoms with Crippen LogP contribution in [0.2, 0.25) is 0 Å². The Morgan fingerprint density at radius 3 is 2.33 bits per heavy atom. The van der Waals surface area contributed by atoms with Gasteiger partial charge in [0.05, 0.1) is 11.4 Å². The maximum absolute atomic E-state index is 13.1. The molecule has 0 aliphatic rings. The molecule has 1 aromatic heterocycles. The van der Waals surface area contributed by atoms with Gasteiger partial charge in [-0.3, -0.25) is 4.79 Å². The number of sulfonamides is 1. The van der Waals surface area contributed by atoms with Crippen LogP contribution in [0.1, 0.15) is 25.8 Å². The second-order valence-electron chi connectivity index (χ2n) is 8.19. The van der Waals surface area contributed by atoms with Crippen molar-refractivity contribution < 1.29 is 13.2 Å². The van der Waals surface area contributed by atoms with Gasteiger partial charge in [-0.25, -0.2) is 8.42 Å². The standard InChI is InChI=1S/C26H29N3O3S/c1-4-16-28(33(31,32)21-13-10-19(3)11-14-21)18-26(30)27-20-12-15-25-23(17-20)22-8-6-7-9-24(22)29(25)5-2/h6-15,17H,4-5,16,18H2,1-3H3,(H,27,30). The average Bonchev–Trinajstić information content (AvgIpc) is 3.12. The molecule has 0 saturated carbocycles. The molecule has 4 rings (SSSR count). The third-order valence-electron chi connectivity index (χ3n) is 5.82. The Balaban J connectivity index is 1.59. The molecule has 7 heteroatoms. The van der Waals surface area contributed by atoms with E-state index in [0.717, 1.165) is 33.9 Å². The van der Waals surface area contributed by atoms with Crippen LogP contribution in [-0.2, 0) is 21.4 Å². The van der Waals surface area contributed by atoms with E-state index in [2.05, 4.69) is 28.9 Å². The molecule has 0 aliphatic heterocycles. The third-order valence-corrected chi connectivity index (χ3v) is 7.68. The smallest absolute Gasteiger partial charge is 0.243 e. The molecule has 172 valence electrons. The van der Waals surface area contributed by atoms with Gasteiger partial charge in [-0.05, 0) is 56.7 Å². The number of nitrogens with one attached hydrogen (secondary N) is 1. The maximum atomic E-state index is 13.1. The van der Waals surface area contributed by atoms with E-state index in [1.807, 2.05) is 44.2 Å². The van der Waals surface area contributed by atoms with E-state index in [0.29, 0.717) is 12.1 Å². The number of aryl methyl sites for hydroxylation is 2. The van der Waals surface area contributed by atoms with Crippen LogP contribution in [0.25, 0.3) is 21.8 Å². The van der Waals surface area contributed by atoms with Crippen molar-refractivity contribution in [1.82, 2.24) is 8.87 Å². The number of nitrogens with zero attached hydrogens (tertiary/aromatic N) is 2. The molecule has 33 heavy (non-hydrogen) atoms. The number of rotatable bonds is 8. The summed E-state index contributed by atoms with van der Waals surface area (Å²) in [5, 5.41) is 5.08. The summed E-state index contributed by atoms with van der Waals surface area (Å²) in [6.45, 7) is 6.79. The number of hydrogen-bond acceptors (Lipinski definition) is 3. The fourth-order valence-corrected chi connectivity index (χ4v) is 5.71. The highest BCUT2D eigenvalue weighted by molar-refractivity contribution is 7.89. The van der Waals surface area contributed by atoms with Crippen molar-refractivity contribution in [2.75, 3.05) is 18.4 Å². The summed E-state index contributed by atoms with van der Waals surface area (Å²) in [5.74, 6) is -0.363. The van der Waals surface area contributed by atoms with Gasteiger partial charge >= 0.3 is 0 Å². The molecular formula is C26H29N3O3S. The monoisotopic (exact) mass is 463 g/mol. The van der Waals surface area contributed by atoms with Crippen LogP contribution in [0.15, 0.2) is 71.6 Å². The summed E-state index contributed by atoms with van der Waals surface area (Å²) in [6, 6.07) is 20.7. The summed E-state index contributed by atoms with van der Waals surface area (Å²) < 4.78 is 29.7. The molecule has 0 bridgehead atoms. The highest BCUT2D eigenvalue weighted by atomic mass is 32.2. The van der Waals surface area contributed by atoms with Crippen molar-refractivity contribution in [3.8, 4) is 0 Å². The van der Waals surface area contributed by atoms with E-state index in [9.17, 15) is 13.2 Å². The minimum atomic E-state index is -3.76. The van der Waals surface area contributed by atoms with Crippen LogP contribution >= 0.6 is 0 Å². The lowest BCUT2D eigenvalue weighted by atomic mass is 10.1. The van der Waals surface area contributed by atoms with Crippen molar-refractivity contribution >= 4 is 43.4 Å². The van der Waals surface area contributed by atoms with Crippen LogP contribution in [0.5, 0.6) is 0 Å². The Morgan fingerprint density at radius 2 is 1.64 bits per heavy atom. The predicted molar refractivity (Wildman–Crippen MR) is 134 cm³/mol. The molecule has 0 unspecified atom stereocenters. The second-order valence-corrected chi connectivity index (χ2v) is 10.1. The molecular weight excluding hydrogens is 434 g/mol. The molecule has 4 aromatic rings. The van der Waals surface area contributed by atoms with Crippen molar-refractivity contribution in [3.63, 3.8) is 0 Å². The van der Waals surface area contributed by atoms with Gasteiger partial charge in [0.25, 0.3) is 0 Å². The maximum Gasteiger partial charge on any atom is 0.243 e. The van der Waals surface area contributed by atoms with Gasteiger partial charge in [-0.2, -0.15) is 4.31 Å². The van der Waals surface area contributed by atoms with Crippen LogP contribution in [0.4, 0.5) is 5.69 Å². The Morgan fingerprint density at radius 1 is 0.939 bits per heavy atom. The van der Waals surface area contributed by atoms with Crippen LogP contribution in [0, 0.1) is 6.92 Å². The van der Waals surface area contributed by atoms with E-state index in [1.165, 1.54) is 4.31 Å². The number of fused-ring (bicyclic) bond motifs is 3. The number of carbonyl (C=O) groups is 1. The van der Waals surface area contributed by atoms with Gasteiger partial charge < -0.3 is 9.88 Å². The summed E-state index contributed by atoms with van der Waals surface area (Å²) in [5.41, 5.74) is 3.88. The first kappa shape index (κ1) is 23.0. The van der Waals surface area contributed by atoms with E-state index in [1.54, 1.807) is 24.3 Å². The minimum Gasteiger partial charge on any atom is -0.341 e. The second kappa shape index (κ2) is 9.37. The van der Waals surface area contributed by atoms with Crippen LogP contribution in [0.3, 0.4) is 0 Å². The lowest BCUT2D eigenvalue weighted by Crippen LogP contribution is -2.38. The third kappa shape index (κ3) is 4.51. The number of carbonyl (C=O) groups excluding carboxylic acids is 1. The molecule has 1 N–H and O–H groups in total. The average molecular weight is 464 g/mol. The molecule has 0 spiro atoms. The number of anilines is 1. The fourth-order valence-electron chi connectivity index (χ4n) is 4.23. The first-order chi connectivity index (χ1) is 15.8. The highest BCUT2D eigenvalue weighted by Gasteiger charge is 2.26. The van der Waals surface area contributed by atoms with Gasteiger partial charge in [-0.1, -0.05) is 42.8 Å². The molecule has 0 atom stereocenters. The quantitative estimate of drug-likeness (QED) is 0.392. The van der Waals surface area contributed by atoms with Crippen molar-refractivity contribution in [2.24, 2.45) is 0 Å². The fraction of sp³-hybridized carbons (Fsp3) is 0.269. The predicted octanol–water partition coefficient (Wildman–Crippen LogP) is 5.16. The molecule has 1 heterocycles. The molecule has 0 saturated heterocycles. The topological polar surface area (TPSA) is 71.4 Å². The van der Waals surface area contributed by atoms with E-state index in [4.69, 9.17) is 0 Å². The normalized spacial score (nSPS) is 12.0. The van der Waals surface area contributed by atoms with E-state index < -0.39 is 10.0 Å². The minimum absolute atomic E-state index is 0.197.